The van der Waals surface area contributed by atoms with E-state index in [1.807, 2.05) is 55.4 Å². The SMILES string of the molecule is CC.CC.CC.CC.CC1CCC(C2CCC(C)C(C)C2)CC1C.CCC(C)C1C=C(C)C(C)C(C)C1. The van der Waals surface area contributed by atoms with E-state index in [9.17, 15) is 0 Å². The largest absolute Gasteiger partial charge is 0.0819 e. The average molecular weight is 523 g/mol. The van der Waals surface area contributed by atoms with Gasteiger partial charge in [0.15, 0.2) is 0 Å². The van der Waals surface area contributed by atoms with Crippen LogP contribution >= 0.6 is 0 Å². The molecule has 0 spiro atoms. The third kappa shape index (κ3) is 15.2. The van der Waals surface area contributed by atoms with Crippen molar-refractivity contribution in [2.24, 2.45) is 59.2 Å². The average Bonchev–Trinajstić information content (AvgIpc) is 2.94. The van der Waals surface area contributed by atoms with Gasteiger partial charge >= 0.3 is 0 Å². The van der Waals surface area contributed by atoms with Gasteiger partial charge in [0, 0.05) is 0 Å². The van der Waals surface area contributed by atoms with E-state index in [-0.39, 0.29) is 0 Å². The monoisotopic (exact) mass is 523 g/mol. The zero-order valence-electron chi connectivity index (χ0n) is 29.5. The summed E-state index contributed by atoms with van der Waals surface area (Å²) in [6.07, 6.45) is 14.3. The van der Waals surface area contributed by atoms with Crippen molar-refractivity contribution in [1.82, 2.24) is 0 Å². The highest BCUT2D eigenvalue weighted by molar-refractivity contribution is 5.11. The molecule has 0 aromatic heterocycles. The highest BCUT2D eigenvalue weighted by Crippen LogP contribution is 2.44. The van der Waals surface area contributed by atoms with E-state index < -0.39 is 0 Å². The van der Waals surface area contributed by atoms with Crippen molar-refractivity contribution in [1.29, 1.82) is 0 Å². The van der Waals surface area contributed by atoms with Gasteiger partial charge < -0.3 is 0 Å². The third-order valence-electron chi connectivity index (χ3n) is 10.0. The highest BCUT2D eigenvalue weighted by atomic mass is 14.4. The molecular formula is C37H78. The second kappa shape index (κ2) is 24.8. The van der Waals surface area contributed by atoms with Crippen LogP contribution in [-0.4, -0.2) is 0 Å². The second-order valence-electron chi connectivity index (χ2n) is 12.0. The Morgan fingerprint density at radius 2 is 0.973 bits per heavy atom. The number of allylic oxidation sites excluding steroid dienone is 2. The quantitative estimate of drug-likeness (QED) is 0.323. The lowest BCUT2D eigenvalue weighted by atomic mass is 9.64. The molecule has 0 nitrogen and oxygen atoms in total. The summed E-state index contributed by atoms with van der Waals surface area (Å²) in [5, 5.41) is 0. The van der Waals surface area contributed by atoms with Crippen LogP contribution in [0.3, 0.4) is 0 Å². The van der Waals surface area contributed by atoms with Gasteiger partial charge in [-0.1, -0.05) is 142 Å². The van der Waals surface area contributed by atoms with E-state index in [1.54, 1.807) is 5.57 Å². The molecule has 3 aliphatic rings. The molecular weight excluding hydrogens is 444 g/mol. The third-order valence-corrected chi connectivity index (χ3v) is 10.0. The maximum atomic E-state index is 2.53. The molecule has 226 valence electrons. The fraction of sp³-hybridized carbons (Fsp3) is 0.946. The van der Waals surface area contributed by atoms with Gasteiger partial charge in [0.05, 0.1) is 0 Å². The van der Waals surface area contributed by atoms with Crippen molar-refractivity contribution in [2.75, 3.05) is 0 Å². The van der Waals surface area contributed by atoms with Crippen molar-refractivity contribution in [3.63, 3.8) is 0 Å². The Labute approximate surface area is 239 Å². The molecule has 0 radical (unpaired) electrons. The second-order valence-corrected chi connectivity index (χ2v) is 12.0. The summed E-state index contributed by atoms with van der Waals surface area (Å²) in [6, 6.07) is 0. The summed E-state index contributed by atoms with van der Waals surface area (Å²) in [5.41, 5.74) is 1.61. The Hall–Kier alpha value is -0.260. The summed E-state index contributed by atoms with van der Waals surface area (Å²) in [5.74, 6) is 9.46. The van der Waals surface area contributed by atoms with E-state index in [0.717, 1.165) is 59.2 Å². The summed E-state index contributed by atoms with van der Waals surface area (Å²) in [7, 11) is 0. The first-order valence-corrected chi connectivity index (χ1v) is 17.3. The molecule has 2 fully saturated rings. The minimum absolute atomic E-state index is 0.806. The fourth-order valence-corrected chi connectivity index (χ4v) is 6.37. The van der Waals surface area contributed by atoms with Gasteiger partial charge in [0.1, 0.15) is 0 Å². The molecule has 0 N–H and O–H groups in total. The van der Waals surface area contributed by atoms with Crippen LogP contribution in [0.15, 0.2) is 11.6 Å². The van der Waals surface area contributed by atoms with E-state index in [0.29, 0.717) is 0 Å². The number of hydrogen-bond acceptors (Lipinski definition) is 0. The van der Waals surface area contributed by atoms with E-state index in [4.69, 9.17) is 0 Å². The molecule has 10 unspecified atom stereocenters. The molecule has 0 heteroatoms. The lowest BCUT2D eigenvalue weighted by molar-refractivity contribution is 0.0956. The smallest absolute Gasteiger partial charge is 0.0202 e. The van der Waals surface area contributed by atoms with Gasteiger partial charge in [-0.25, -0.2) is 0 Å². The molecule has 3 rings (SSSR count). The summed E-state index contributed by atoms with van der Waals surface area (Å²) >= 11 is 0. The van der Waals surface area contributed by atoms with Gasteiger partial charge in [-0.3, -0.25) is 0 Å². The molecule has 0 aliphatic heterocycles. The Morgan fingerprint density at radius 3 is 1.27 bits per heavy atom. The van der Waals surface area contributed by atoms with Crippen LogP contribution in [0.2, 0.25) is 0 Å². The molecule has 0 aromatic carbocycles. The van der Waals surface area contributed by atoms with Crippen LogP contribution in [0, 0.1) is 59.2 Å². The molecule has 10 atom stereocenters. The van der Waals surface area contributed by atoms with Crippen molar-refractivity contribution in [3.8, 4) is 0 Å². The van der Waals surface area contributed by atoms with Crippen molar-refractivity contribution in [3.05, 3.63) is 11.6 Å². The minimum atomic E-state index is 0.806. The standard InChI is InChI=1S/C16H30.C13H24.4C2H6/c1-11-5-7-15(9-13(11)3)16-8-6-12(2)14(4)10-16;1-6-9(2)13-7-10(3)12(5)11(4)8-13;4*1-2/h11-16H,5-10H2,1-4H3;7,9,11-13H,6,8H2,1-5H3;4*1-2H3. The summed E-state index contributed by atoms with van der Waals surface area (Å²) in [4.78, 5) is 0. The molecule has 0 amide bonds. The molecule has 37 heavy (non-hydrogen) atoms. The molecule has 0 saturated heterocycles. The lowest BCUT2D eigenvalue weighted by Gasteiger charge is -2.41. The molecule has 0 heterocycles. The van der Waals surface area contributed by atoms with E-state index >= 15 is 0 Å². The van der Waals surface area contributed by atoms with Crippen LogP contribution in [0.4, 0.5) is 0 Å². The first kappa shape index (κ1) is 41.2. The zero-order valence-corrected chi connectivity index (χ0v) is 29.5. The predicted molar refractivity (Wildman–Crippen MR) is 176 cm³/mol. The first-order chi connectivity index (χ1) is 17.6. The van der Waals surface area contributed by atoms with Crippen molar-refractivity contribution < 1.29 is 0 Å². The Kier molecular flexibility index (Phi) is 27.6. The lowest BCUT2D eigenvalue weighted by Crippen LogP contribution is -2.31. The summed E-state index contributed by atoms with van der Waals surface area (Å²) in [6.45, 7) is 37.6. The predicted octanol–water partition coefficient (Wildman–Crippen LogP) is 13.5. The van der Waals surface area contributed by atoms with Gasteiger partial charge in [0.2, 0.25) is 0 Å². The number of hydrogen-bond donors (Lipinski definition) is 0. The fourth-order valence-electron chi connectivity index (χ4n) is 6.37. The molecule has 0 aromatic rings. The Morgan fingerprint density at radius 1 is 0.595 bits per heavy atom. The van der Waals surface area contributed by atoms with Crippen molar-refractivity contribution >= 4 is 0 Å². The Bertz CT molecular complexity index is 478. The maximum Gasteiger partial charge on any atom is -0.0202 e. The van der Waals surface area contributed by atoms with Crippen molar-refractivity contribution in [2.45, 2.75) is 169 Å². The van der Waals surface area contributed by atoms with Crippen LogP contribution in [0.25, 0.3) is 0 Å². The zero-order chi connectivity index (χ0) is 29.7. The Balaban J connectivity index is -0.000000498. The molecule has 2 saturated carbocycles. The molecule has 0 bridgehead atoms. The molecule has 3 aliphatic carbocycles. The van der Waals surface area contributed by atoms with E-state index in [2.05, 4.69) is 68.4 Å². The van der Waals surface area contributed by atoms with Gasteiger partial charge in [0.25, 0.3) is 0 Å². The highest BCUT2D eigenvalue weighted by Gasteiger charge is 2.34. The summed E-state index contributed by atoms with van der Waals surface area (Å²) < 4.78 is 0. The topological polar surface area (TPSA) is 0 Å². The normalized spacial score (nSPS) is 35.4. The van der Waals surface area contributed by atoms with Crippen LogP contribution in [0.5, 0.6) is 0 Å². The van der Waals surface area contributed by atoms with Crippen LogP contribution in [0.1, 0.15) is 169 Å². The first-order valence-electron chi connectivity index (χ1n) is 17.3. The van der Waals surface area contributed by atoms with E-state index in [1.165, 1.54) is 51.4 Å². The van der Waals surface area contributed by atoms with Crippen LogP contribution < -0.4 is 0 Å². The minimum Gasteiger partial charge on any atom is -0.0819 e. The number of rotatable bonds is 3. The van der Waals surface area contributed by atoms with Crippen LogP contribution in [-0.2, 0) is 0 Å². The van der Waals surface area contributed by atoms with Gasteiger partial charge in [-0.05, 0) is 98.2 Å². The van der Waals surface area contributed by atoms with Gasteiger partial charge in [-0.15, -0.1) is 0 Å². The van der Waals surface area contributed by atoms with Gasteiger partial charge in [-0.2, -0.15) is 0 Å². The maximum absolute atomic E-state index is 2.53.